The van der Waals surface area contributed by atoms with Crippen LogP contribution in [0, 0.1) is 11.3 Å². The van der Waals surface area contributed by atoms with E-state index in [4.69, 9.17) is 14.8 Å². The molecule has 1 atom stereocenters. The molecule has 1 heterocycles. The molecule has 6 nitrogen and oxygen atoms in total. The van der Waals surface area contributed by atoms with Crippen molar-refractivity contribution in [1.82, 2.24) is 0 Å². The maximum Gasteiger partial charge on any atom is 0.382 e. The van der Waals surface area contributed by atoms with Crippen LogP contribution in [0.3, 0.4) is 0 Å². The molecular formula is C13H12N2O4. The lowest BCUT2D eigenvalue weighted by atomic mass is 10.0. The normalized spacial score (nSPS) is 21.2. The average molecular weight is 260 g/mol. The van der Waals surface area contributed by atoms with Crippen molar-refractivity contribution >= 4 is 11.7 Å². The zero-order valence-electron chi connectivity index (χ0n) is 10.5. The first-order valence-corrected chi connectivity index (χ1v) is 5.54. The Hall–Kier alpha value is -2.39. The molecule has 98 valence electrons. The molecule has 0 fully saturated rings. The Kier molecular flexibility index (Phi) is 3.49. The van der Waals surface area contributed by atoms with E-state index >= 15 is 0 Å². The highest BCUT2D eigenvalue weighted by Crippen LogP contribution is 2.28. The standard InChI is InChI=1S/C13H12N2O4/c1-17-12(16)13(18-2)7-11(15-19-13)10-5-3-9(8-14)4-6-10/h3-6H,7H2,1-2H3. The van der Waals surface area contributed by atoms with E-state index in [1.54, 1.807) is 24.3 Å². The molecule has 1 unspecified atom stereocenters. The second kappa shape index (κ2) is 5.08. The SMILES string of the molecule is COC(=O)C1(OC)CC(c2ccc(C#N)cc2)=NO1. The molecule has 0 saturated heterocycles. The summed E-state index contributed by atoms with van der Waals surface area (Å²) in [5.74, 6) is -2.15. The summed E-state index contributed by atoms with van der Waals surface area (Å²) in [5, 5.41) is 12.6. The molecular weight excluding hydrogens is 248 g/mol. The summed E-state index contributed by atoms with van der Waals surface area (Å²) >= 11 is 0. The smallest absolute Gasteiger partial charge is 0.382 e. The van der Waals surface area contributed by atoms with Crippen LogP contribution in [0.1, 0.15) is 17.5 Å². The van der Waals surface area contributed by atoms with Gasteiger partial charge in [-0.1, -0.05) is 17.3 Å². The highest BCUT2D eigenvalue weighted by molar-refractivity contribution is 6.04. The van der Waals surface area contributed by atoms with Crippen LogP contribution in [0.25, 0.3) is 0 Å². The molecule has 0 bridgehead atoms. The first-order chi connectivity index (χ1) is 9.15. The van der Waals surface area contributed by atoms with Gasteiger partial charge in [0.05, 0.1) is 30.9 Å². The number of hydrogen-bond donors (Lipinski definition) is 0. The molecule has 2 rings (SSSR count). The quantitative estimate of drug-likeness (QED) is 0.763. The largest absolute Gasteiger partial charge is 0.464 e. The Balaban J connectivity index is 2.21. The van der Waals surface area contributed by atoms with Crippen molar-refractivity contribution in [2.24, 2.45) is 5.16 Å². The van der Waals surface area contributed by atoms with Crippen molar-refractivity contribution in [3.05, 3.63) is 35.4 Å². The van der Waals surface area contributed by atoms with Gasteiger partial charge in [-0.2, -0.15) is 5.26 Å². The van der Waals surface area contributed by atoms with E-state index < -0.39 is 11.8 Å². The van der Waals surface area contributed by atoms with Gasteiger partial charge in [0.2, 0.25) is 0 Å². The molecule has 0 N–H and O–H groups in total. The number of oxime groups is 1. The third-order valence-corrected chi connectivity index (χ3v) is 2.88. The topological polar surface area (TPSA) is 80.9 Å². The average Bonchev–Trinajstić information content (AvgIpc) is 2.92. The number of ether oxygens (including phenoxy) is 2. The minimum atomic E-state index is -1.52. The van der Waals surface area contributed by atoms with Crippen molar-refractivity contribution in [1.29, 1.82) is 5.26 Å². The van der Waals surface area contributed by atoms with E-state index in [0.29, 0.717) is 11.3 Å². The van der Waals surface area contributed by atoms with Gasteiger partial charge in [0, 0.05) is 7.11 Å². The minimum absolute atomic E-state index is 0.155. The number of carbonyl (C=O) groups is 1. The highest BCUT2D eigenvalue weighted by Gasteiger charge is 2.48. The predicted octanol–water partition coefficient (Wildman–Crippen LogP) is 1.20. The summed E-state index contributed by atoms with van der Waals surface area (Å²) in [6, 6.07) is 8.85. The van der Waals surface area contributed by atoms with E-state index in [1.807, 2.05) is 6.07 Å². The maximum absolute atomic E-state index is 11.7. The van der Waals surface area contributed by atoms with Crippen LogP contribution in [0.4, 0.5) is 0 Å². The summed E-state index contributed by atoms with van der Waals surface area (Å²) in [6.07, 6.45) is 0.155. The summed E-state index contributed by atoms with van der Waals surface area (Å²) < 4.78 is 9.73. The monoisotopic (exact) mass is 260 g/mol. The molecule has 1 aromatic rings. The van der Waals surface area contributed by atoms with Crippen molar-refractivity contribution in [2.75, 3.05) is 14.2 Å². The van der Waals surface area contributed by atoms with E-state index in [2.05, 4.69) is 9.89 Å². The summed E-state index contributed by atoms with van der Waals surface area (Å²) in [4.78, 5) is 16.7. The first-order valence-electron chi connectivity index (χ1n) is 5.54. The lowest BCUT2D eigenvalue weighted by molar-refractivity contribution is -0.227. The Bertz CT molecular complexity index is 559. The zero-order valence-corrected chi connectivity index (χ0v) is 10.5. The van der Waals surface area contributed by atoms with Crippen molar-refractivity contribution in [3.63, 3.8) is 0 Å². The molecule has 0 aromatic heterocycles. The van der Waals surface area contributed by atoms with Gasteiger partial charge in [0.25, 0.3) is 0 Å². The third-order valence-electron chi connectivity index (χ3n) is 2.88. The van der Waals surface area contributed by atoms with Crippen LogP contribution in [0.2, 0.25) is 0 Å². The Morgan fingerprint density at radius 2 is 2.11 bits per heavy atom. The van der Waals surface area contributed by atoms with Gasteiger partial charge in [0.15, 0.2) is 0 Å². The van der Waals surface area contributed by atoms with Crippen molar-refractivity contribution < 1.29 is 19.1 Å². The summed E-state index contributed by atoms with van der Waals surface area (Å²) in [6.45, 7) is 0. The molecule has 19 heavy (non-hydrogen) atoms. The van der Waals surface area contributed by atoms with Crippen LogP contribution >= 0.6 is 0 Å². The number of carbonyl (C=O) groups excluding carboxylic acids is 1. The van der Waals surface area contributed by atoms with Gasteiger partial charge < -0.3 is 14.3 Å². The molecule has 0 amide bonds. The number of rotatable bonds is 3. The van der Waals surface area contributed by atoms with E-state index in [1.165, 1.54) is 14.2 Å². The number of nitriles is 1. The van der Waals surface area contributed by atoms with Gasteiger partial charge in [-0.05, 0) is 17.7 Å². The number of esters is 1. The highest BCUT2D eigenvalue weighted by atomic mass is 16.8. The fraction of sp³-hybridized carbons (Fsp3) is 0.308. The van der Waals surface area contributed by atoms with E-state index in [9.17, 15) is 4.79 Å². The van der Waals surface area contributed by atoms with E-state index in [0.717, 1.165) is 5.56 Å². The van der Waals surface area contributed by atoms with Crippen LogP contribution in [0.15, 0.2) is 29.4 Å². The Labute approximate surface area is 110 Å². The molecule has 1 aliphatic heterocycles. The number of hydrogen-bond acceptors (Lipinski definition) is 6. The van der Waals surface area contributed by atoms with Crippen molar-refractivity contribution in [3.8, 4) is 6.07 Å². The summed E-state index contributed by atoms with van der Waals surface area (Å²) in [5.41, 5.74) is 1.88. The maximum atomic E-state index is 11.7. The number of methoxy groups -OCH3 is 2. The molecule has 1 aromatic carbocycles. The molecule has 0 spiro atoms. The zero-order chi connectivity index (χ0) is 13.9. The summed E-state index contributed by atoms with van der Waals surface area (Å²) in [7, 11) is 2.61. The minimum Gasteiger partial charge on any atom is -0.464 e. The Morgan fingerprint density at radius 1 is 1.42 bits per heavy atom. The van der Waals surface area contributed by atoms with Crippen LogP contribution < -0.4 is 0 Å². The molecule has 6 heteroatoms. The molecule has 0 aliphatic carbocycles. The van der Waals surface area contributed by atoms with Crippen LogP contribution in [-0.4, -0.2) is 31.7 Å². The second-order valence-corrected chi connectivity index (χ2v) is 3.94. The molecule has 0 saturated carbocycles. The first kappa shape index (κ1) is 13.1. The molecule has 1 aliphatic rings. The molecule has 0 radical (unpaired) electrons. The van der Waals surface area contributed by atoms with E-state index in [-0.39, 0.29) is 6.42 Å². The van der Waals surface area contributed by atoms with Gasteiger partial charge in [-0.3, -0.25) is 0 Å². The van der Waals surface area contributed by atoms with Crippen molar-refractivity contribution in [2.45, 2.75) is 12.2 Å². The van der Waals surface area contributed by atoms with Gasteiger partial charge >= 0.3 is 11.8 Å². The number of nitrogens with zero attached hydrogens (tertiary/aromatic N) is 2. The second-order valence-electron chi connectivity index (χ2n) is 3.94. The van der Waals surface area contributed by atoms with Crippen LogP contribution in [0.5, 0.6) is 0 Å². The predicted molar refractivity (Wildman–Crippen MR) is 65.2 cm³/mol. The fourth-order valence-corrected chi connectivity index (χ4v) is 1.76. The lowest BCUT2D eigenvalue weighted by Crippen LogP contribution is -2.41. The van der Waals surface area contributed by atoms with Gasteiger partial charge in [-0.25, -0.2) is 4.79 Å². The van der Waals surface area contributed by atoms with Crippen LogP contribution in [-0.2, 0) is 19.1 Å². The third kappa shape index (κ3) is 2.28. The van der Waals surface area contributed by atoms with Gasteiger partial charge in [-0.15, -0.1) is 0 Å². The Morgan fingerprint density at radius 3 is 2.63 bits per heavy atom. The van der Waals surface area contributed by atoms with Gasteiger partial charge in [0.1, 0.15) is 0 Å². The number of benzene rings is 1. The lowest BCUT2D eigenvalue weighted by Gasteiger charge is -2.20. The fourth-order valence-electron chi connectivity index (χ4n) is 1.76.